The van der Waals surface area contributed by atoms with E-state index in [2.05, 4.69) is 56.1 Å². The lowest BCUT2D eigenvalue weighted by atomic mass is 10.00. The van der Waals surface area contributed by atoms with Gasteiger partial charge in [0.1, 0.15) is 0 Å². The summed E-state index contributed by atoms with van der Waals surface area (Å²) in [7, 11) is 2.05. The first kappa shape index (κ1) is 15.5. The molecule has 0 saturated carbocycles. The second-order valence-electron chi connectivity index (χ2n) is 7.15. The third kappa shape index (κ3) is 4.32. The van der Waals surface area contributed by atoms with E-state index in [0.717, 1.165) is 18.8 Å². The van der Waals surface area contributed by atoms with Gasteiger partial charge in [0.15, 0.2) is 0 Å². The predicted molar refractivity (Wildman–Crippen MR) is 83.7 cm³/mol. The molecule has 1 aromatic rings. The maximum atomic E-state index is 4.46. The largest absolute Gasteiger partial charge is 0.311 e. The van der Waals surface area contributed by atoms with Crippen LogP contribution in [0.3, 0.4) is 0 Å². The van der Waals surface area contributed by atoms with Gasteiger partial charge in [-0.2, -0.15) is 5.10 Å². The second kappa shape index (κ2) is 6.27. The number of aromatic nitrogens is 2. The normalized spacial score (nSPS) is 21.4. The average Bonchev–Trinajstić information content (AvgIpc) is 2.66. The highest BCUT2D eigenvalue weighted by molar-refractivity contribution is 5.08. The van der Waals surface area contributed by atoms with E-state index in [1.807, 2.05) is 4.68 Å². The molecule has 0 amide bonds. The van der Waals surface area contributed by atoms with Crippen molar-refractivity contribution in [3.63, 3.8) is 0 Å². The van der Waals surface area contributed by atoms with Gasteiger partial charge in [-0.05, 0) is 53.1 Å². The van der Waals surface area contributed by atoms with Crippen LogP contribution in [-0.4, -0.2) is 39.4 Å². The van der Waals surface area contributed by atoms with E-state index in [0.29, 0.717) is 6.04 Å². The van der Waals surface area contributed by atoms with Crippen LogP contribution in [0.1, 0.15) is 51.4 Å². The minimum absolute atomic E-state index is 0.201. The fraction of sp³-hybridized carbons (Fsp3) is 0.812. The average molecular weight is 278 g/mol. The van der Waals surface area contributed by atoms with E-state index in [9.17, 15) is 0 Å². The summed E-state index contributed by atoms with van der Waals surface area (Å²) in [4.78, 5) is 2.62. The van der Waals surface area contributed by atoms with Crippen LogP contribution in [0.2, 0.25) is 0 Å². The molecule has 0 bridgehead atoms. The first-order chi connectivity index (χ1) is 9.35. The van der Waals surface area contributed by atoms with Gasteiger partial charge in [0.05, 0.1) is 11.4 Å². The van der Waals surface area contributed by atoms with Crippen LogP contribution < -0.4 is 5.32 Å². The van der Waals surface area contributed by atoms with Crippen LogP contribution in [0.15, 0.2) is 6.07 Å². The van der Waals surface area contributed by atoms with Crippen molar-refractivity contribution in [3.8, 4) is 0 Å². The zero-order chi connectivity index (χ0) is 14.8. The predicted octanol–water partition coefficient (Wildman–Crippen LogP) is 2.47. The molecule has 4 nitrogen and oxygen atoms in total. The van der Waals surface area contributed by atoms with Gasteiger partial charge in [0, 0.05) is 31.7 Å². The highest BCUT2D eigenvalue weighted by Gasteiger charge is 2.24. The van der Waals surface area contributed by atoms with E-state index in [4.69, 9.17) is 0 Å². The maximum absolute atomic E-state index is 4.46. The molecule has 2 rings (SSSR count). The number of rotatable bonds is 4. The standard InChI is InChI=1S/C16H30N4/c1-13-10-15(19(5)18-13)12-20-9-7-6-8-14(20)11-17-16(2,3)4/h10,14,17H,6-9,11-12H2,1-5H3. The second-order valence-corrected chi connectivity index (χ2v) is 7.15. The van der Waals surface area contributed by atoms with Gasteiger partial charge in [-0.15, -0.1) is 0 Å². The Morgan fingerprint density at radius 2 is 2.10 bits per heavy atom. The summed E-state index contributed by atoms with van der Waals surface area (Å²) in [6.45, 7) is 12.1. The molecule has 0 radical (unpaired) electrons. The Kier molecular flexibility index (Phi) is 4.86. The molecule has 1 aromatic heterocycles. The minimum Gasteiger partial charge on any atom is -0.311 e. The molecule has 1 unspecified atom stereocenters. The molecule has 0 aliphatic carbocycles. The van der Waals surface area contributed by atoms with Crippen LogP contribution in [0.4, 0.5) is 0 Å². The molecule has 1 N–H and O–H groups in total. The number of aryl methyl sites for hydroxylation is 2. The molecule has 1 saturated heterocycles. The van der Waals surface area contributed by atoms with Gasteiger partial charge in [0.25, 0.3) is 0 Å². The summed E-state index contributed by atoms with van der Waals surface area (Å²) in [6, 6.07) is 2.86. The topological polar surface area (TPSA) is 33.1 Å². The highest BCUT2D eigenvalue weighted by atomic mass is 15.3. The fourth-order valence-corrected chi connectivity index (χ4v) is 2.94. The molecule has 0 spiro atoms. The number of nitrogens with zero attached hydrogens (tertiary/aromatic N) is 3. The van der Waals surface area contributed by atoms with Crippen molar-refractivity contribution < 1.29 is 0 Å². The van der Waals surface area contributed by atoms with Crippen molar-refractivity contribution in [2.75, 3.05) is 13.1 Å². The van der Waals surface area contributed by atoms with E-state index >= 15 is 0 Å². The summed E-state index contributed by atoms with van der Waals surface area (Å²) in [6.07, 6.45) is 3.99. The Balaban J connectivity index is 1.98. The summed E-state index contributed by atoms with van der Waals surface area (Å²) in [5.74, 6) is 0. The summed E-state index contributed by atoms with van der Waals surface area (Å²) < 4.78 is 2.03. The van der Waals surface area contributed by atoms with Gasteiger partial charge in [-0.3, -0.25) is 9.58 Å². The lowest BCUT2D eigenvalue weighted by molar-refractivity contribution is 0.128. The quantitative estimate of drug-likeness (QED) is 0.918. The molecule has 114 valence electrons. The zero-order valence-corrected chi connectivity index (χ0v) is 13.7. The molecule has 20 heavy (non-hydrogen) atoms. The Hall–Kier alpha value is -0.870. The number of nitrogens with one attached hydrogen (secondary N) is 1. The number of likely N-dealkylation sites (tertiary alicyclic amines) is 1. The van der Waals surface area contributed by atoms with Gasteiger partial charge in [-0.25, -0.2) is 0 Å². The fourth-order valence-electron chi connectivity index (χ4n) is 2.94. The van der Waals surface area contributed by atoms with Crippen molar-refractivity contribution in [3.05, 3.63) is 17.5 Å². The van der Waals surface area contributed by atoms with Crippen LogP contribution in [0.25, 0.3) is 0 Å². The summed E-state index contributed by atoms with van der Waals surface area (Å²) in [5.41, 5.74) is 2.64. The lowest BCUT2D eigenvalue weighted by Gasteiger charge is -2.37. The molecule has 2 heterocycles. The number of hydrogen-bond acceptors (Lipinski definition) is 3. The van der Waals surface area contributed by atoms with E-state index < -0.39 is 0 Å². The molecule has 1 aliphatic heterocycles. The first-order valence-corrected chi connectivity index (χ1v) is 7.84. The summed E-state index contributed by atoms with van der Waals surface area (Å²) >= 11 is 0. The molecular weight excluding hydrogens is 248 g/mol. The Morgan fingerprint density at radius 3 is 2.70 bits per heavy atom. The first-order valence-electron chi connectivity index (χ1n) is 7.84. The van der Waals surface area contributed by atoms with Gasteiger partial charge in [0.2, 0.25) is 0 Å². The van der Waals surface area contributed by atoms with Gasteiger partial charge < -0.3 is 5.32 Å². The minimum atomic E-state index is 0.201. The van der Waals surface area contributed by atoms with Crippen LogP contribution in [0.5, 0.6) is 0 Å². The number of piperidine rings is 1. The van der Waals surface area contributed by atoms with Crippen molar-refractivity contribution in [1.29, 1.82) is 0 Å². The van der Waals surface area contributed by atoms with E-state index in [1.165, 1.54) is 31.5 Å². The van der Waals surface area contributed by atoms with Crippen molar-refractivity contribution in [2.45, 2.75) is 65.1 Å². The van der Waals surface area contributed by atoms with E-state index in [-0.39, 0.29) is 5.54 Å². The zero-order valence-electron chi connectivity index (χ0n) is 13.7. The Bertz CT molecular complexity index is 430. The molecular formula is C16H30N4. The van der Waals surface area contributed by atoms with Gasteiger partial charge >= 0.3 is 0 Å². The van der Waals surface area contributed by atoms with Gasteiger partial charge in [-0.1, -0.05) is 6.42 Å². The molecule has 4 heteroatoms. The number of hydrogen-bond donors (Lipinski definition) is 1. The van der Waals surface area contributed by atoms with Crippen molar-refractivity contribution in [1.82, 2.24) is 20.0 Å². The molecule has 1 atom stereocenters. The van der Waals surface area contributed by atoms with Crippen LogP contribution in [0, 0.1) is 6.92 Å². The molecule has 1 aliphatic rings. The third-order valence-corrected chi connectivity index (χ3v) is 4.08. The van der Waals surface area contributed by atoms with Crippen LogP contribution >= 0.6 is 0 Å². The van der Waals surface area contributed by atoms with Crippen molar-refractivity contribution in [2.24, 2.45) is 7.05 Å². The lowest BCUT2D eigenvalue weighted by Crippen LogP contribution is -2.49. The SMILES string of the molecule is Cc1cc(CN2CCCCC2CNC(C)(C)C)n(C)n1. The maximum Gasteiger partial charge on any atom is 0.0597 e. The molecule has 1 fully saturated rings. The Labute approximate surface area is 123 Å². The van der Waals surface area contributed by atoms with Crippen LogP contribution in [-0.2, 0) is 13.6 Å². The highest BCUT2D eigenvalue weighted by Crippen LogP contribution is 2.20. The third-order valence-electron chi connectivity index (χ3n) is 4.08. The van der Waals surface area contributed by atoms with E-state index in [1.54, 1.807) is 0 Å². The Morgan fingerprint density at radius 1 is 1.35 bits per heavy atom. The molecule has 0 aromatic carbocycles. The van der Waals surface area contributed by atoms with Crippen molar-refractivity contribution >= 4 is 0 Å². The monoisotopic (exact) mass is 278 g/mol. The summed E-state index contributed by atoms with van der Waals surface area (Å²) in [5, 5.41) is 8.12. The smallest absolute Gasteiger partial charge is 0.0597 e.